The summed E-state index contributed by atoms with van der Waals surface area (Å²) in [5.41, 5.74) is 6.81. The third kappa shape index (κ3) is 3.89. The highest BCUT2D eigenvalue weighted by Gasteiger charge is 2.05. The maximum atomic E-state index is 11.7. The molecule has 19 heavy (non-hydrogen) atoms. The van der Waals surface area contributed by atoms with Crippen LogP contribution in [0.15, 0.2) is 48.5 Å². The van der Waals surface area contributed by atoms with E-state index < -0.39 is 0 Å². The summed E-state index contributed by atoms with van der Waals surface area (Å²) in [7, 11) is 0. The van der Waals surface area contributed by atoms with Crippen molar-refractivity contribution in [1.82, 2.24) is 0 Å². The van der Waals surface area contributed by atoms with Crippen LogP contribution >= 0.6 is 11.6 Å². The summed E-state index contributed by atoms with van der Waals surface area (Å²) in [6.45, 7) is -0.103. The lowest BCUT2D eigenvalue weighted by Crippen LogP contribution is -2.20. The second kappa shape index (κ2) is 6.11. The van der Waals surface area contributed by atoms with E-state index in [1.54, 1.807) is 48.5 Å². The van der Waals surface area contributed by atoms with Crippen molar-refractivity contribution in [2.45, 2.75) is 0 Å². The third-order valence-corrected chi connectivity index (χ3v) is 2.64. The quantitative estimate of drug-likeness (QED) is 0.844. The molecule has 0 aliphatic heterocycles. The molecule has 0 unspecified atom stereocenters. The minimum Gasteiger partial charge on any atom is -0.484 e. The van der Waals surface area contributed by atoms with Crippen molar-refractivity contribution >= 4 is 28.9 Å². The van der Waals surface area contributed by atoms with E-state index in [0.29, 0.717) is 22.1 Å². The first-order chi connectivity index (χ1) is 9.15. The maximum Gasteiger partial charge on any atom is 0.262 e. The Morgan fingerprint density at radius 1 is 1.21 bits per heavy atom. The number of nitrogens with one attached hydrogen (secondary N) is 1. The van der Waals surface area contributed by atoms with Crippen LogP contribution in [0.4, 0.5) is 11.4 Å². The molecule has 3 N–H and O–H groups in total. The van der Waals surface area contributed by atoms with Crippen molar-refractivity contribution in [3.05, 3.63) is 53.6 Å². The zero-order valence-electron chi connectivity index (χ0n) is 10.1. The Morgan fingerprint density at radius 2 is 2.00 bits per heavy atom. The zero-order chi connectivity index (χ0) is 13.7. The molecule has 4 nitrogen and oxygen atoms in total. The van der Waals surface area contributed by atoms with Crippen LogP contribution in [-0.2, 0) is 4.79 Å². The minimum absolute atomic E-state index is 0.103. The monoisotopic (exact) mass is 276 g/mol. The van der Waals surface area contributed by atoms with Gasteiger partial charge in [0.05, 0.1) is 11.4 Å². The van der Waals surface area contributed by atoms with Crippen molar-refractivity contribution in [1.29, 1.82) is 0 Å². The molecule has 0 atom stereocenters. The molecule has 98 valence electrons. The number of halogens is 1. The lowest BCUT2D eigenvalue weighted by Gasteiger charge is -2.09. The Morgan fingerprint density at radius 3 is 2.74 bits per heavy atom. The van der Waals surface area contributed by atoms with Gasteiger partial charge < -0.3 is 15.8 Å². The summed E-state index contributed by atoms with van der Waals surface area (Å²) in [6, 6.07) is 13.9. The van der Waals surface area contributed by atoms with Crippen LogP contribution in [-0.4, -0.2) is 12.5 Å². The van der Waals surface area contributed by atoms with E-state index >= 15 is 0 Å². The average Bonchev–Trinajstić information content (AvgIpc) is 2.39. The summed E-state index contributed by atoms with van der Waals surface area (Å²) >= 11 is 5.81. The highest BCUT2D eigenvalue weighted by atomic mass is 35.5. The second-order valence-electron chi connectivity index (χ2n) is 3.88. The summed E-state index contributed by atoms with van der Waals surface area (Å²) < 4.78 is 5.32. The van der Waals surface area contributed by atoms with E-state index in [0.717, 1.165) is 0 Å². The number of hydrogen-bond donors (Lipinski definition) is 2. The molecule has 0 heterocycles. The van der Waals surface area contributed by atoms with Gasteiger partial charge in [0.25, 0.3) is 5.91 Å². The van der Waals surface area contributed by atoms with Gasteiger partial charge in [-0.1, -0.05) is 29.8 Å². The molecule has 0 fully saturated rings. The van der Waals surface area contributed by atoms with Gasteiger partial charge in [-0.3, -0.25) is 4.79 Å². The van der Waals surface area contributed by atoms with Crippen molar-refractivity contribution in [2.75, 3.05) is 17.7 Å². The molecule has 0 spiro atoms. The molecule has 0 aromatic heterocycles. The van der Waals surface area contributed by atoms with E-state index in [1.165, 1.54) is 0 Å². The number of hydrogen-bond acceptors (Lipinski definition) is 3. The summed E-state index contributed by atoms with van der Waals surface area (Å²) in [4.78, 5) is 11.7. The number of rotatable bonds is 4. The van der Waals surface area contributed by atoms with Gasteiger partial charge in [0.15, 0.2) is 6.61 Å². The lowest BCUT2D eigenvalue weighted by molar-refractivity contribution is -0.118. The highest BCUT2D eigenvalue weighted by Crippen LogP contribution is 2.18. The number of carbonyl (C=O) groups is 1. The van der Waals surface area contributed by atoms with Crippen LogP contribution in [0, 0.1) is 0 Å². The molecule has 0 radical (unpaired) electrons. The first-order valence-electron chi connectivity index (χ1n) is 5.68. The van der Waals surface area contributed by atoms with Crippen LogP contribution in [0.1, 0.15) is 0 Å². The Bertz CT molecular complexity index is 587. The molecule has 2 rings (SSSR count). The molecule has 5 heteroatoms. The Kier molecular flexibility index (Phi) is 4.26. The number of para-hydroxylation sites is 2. The third-order valence-electron chi connectivity index (χ3n) is 2.40. The van der Waals surface area contributed by atoms with Gasteiger partial charge >= 0.3 is 0 Å². The summed E-state index contributed by atoms with van der Waals surface area (Å²) in [6.07, 6.45) is 0. The number of nitrogen functional groups attached to an aromatic ring is 1. The predicted molar refractivity (Wildman–Crippen MR) is 76.4 cm³/mol. The van der Waals surface area contributed by atoms with Crippen LogP contribution in [0.5, 0.6) is 5.75 Å². The van der Waals surface area contributed by atoms with E-state index in [4.69, 9.17) is 22.1 Å². The van der Waals surface area contributed by atoms with Crippen molar-refractivity contribution < 1.29 is 9.53 Å². The summed E-state index contributed by atoms with van der Waals surface area (Å²) in [5, 5.41) is 3.23. The zero-order valence-corrected chi connectivity index (χ0v) is 10.9. The van der Waals surface area contributed by atoms with Crippen molar-refractivity contribution in [3.8, 4) is 5.75 Å². The van der Waals surface area contributed by atoms with Crippen LogP contribution < -0.4 is 15.8 Å². The fraction of sp³-hybridized carbons (Fsp3) is 0.0714. The van der Waals surface area contributed by atoms with Crippen molar-refractivity contribution in [3.63, 3.8) is 0 Å². The lowest BCUT2D eigenvalue weighted by atomic mass is 10.3. The fourth-order valence-corrected chi connectivity index (χ4v) is 1.68. The Labute approximate surface area is 116 Å². The molecular weight excluding hydrogens is 264 g/mol. The number of nitrogens with two attached hydrogens (primary N) is 1. The van der Waals surface area contributed by atoms with E-state index in [2.05, 4.69) is 5.32 Å². The van der Waals surface area contributed by atoms with Gasteiger partial charge in [0.2, 0.25) is 0 Å². The first-order valence-corrected chi connectivity index (χ1v) is 6.05. The minimum atomic E-state index is -0.280. The molecular formula is C14H13ClN2O2. The van der Waals surface area contributed by atoms with E-state index in [1.807, 2.05) is 0 Å². The molecule has 0 aliphatic rings. The Balaban J connectivity index is 1.90. The van der Waals surface area contributed by atoms with Gasteiger partial charge in [0, 0.05) is 5.02 Å². The van der Waals surface area contributed by atoms with E-state index in [-0.39, 0.29) is 12.5 Å². The number of amides is 1. The average molecular weight is 277 g/mol. The standard InChI is InChI=1S/C14H13ClN2O2/c15-10-4-3-5-11(8-10)19-9-14(18)17-13-7-2-1-6-12(13)16/h1-8H,9,16H2,(H,17,18). The maximum absolute atomic E-state index is 11.7. The fourth-order valence-electron chi connectivity index (χ4n) is 1.50. The SMILES string of the molecule is Nc1ccccc1NC(=O)COc1cccc(Cl)c1. The smallest absolute Gasteiger partial charge is 0.262 e. The van der Waals surface area contributed by atoms with E-state index in [9.17, 15) is 4.79 Å². The number of benzene rings is 2. The number of ether oxygens (including phenoxy) is 1. The number of anilines is 2. The molecule has 2 aromatic carbocycles. The van der Waals surface area contributed by atoms with Crippen LogP contribution in [0.2, 0.25) is 5.02 Å². The molecule has 0 bridgehead atoms. The Hall–Kier alpha value is -2.20. The molecule has 0 aliphatic carbocycles. The van der Waals surface area contributed by atoms with Gasteiger partial charge in [-0.15, -0.1) is 0 Å². The molecule has 0 saturated carbocycles. The topological polar surface area (TPSA) is 64.3 Å². The first kappa shape index (κ1) is 13.2. The normalized spacial score (nSPS) is 9.95. The van der Waals surface area contributed by atoms with Gasteiger partial charge in [-0.2, -0.15) is 0 Å². The van der Waals surface area contributed by atoms with Crippen molar-refractivity contribution in [2.24, 2.45) is 0 Å². The largest absolute Gasteiger partial charge is 0.484 e. The van der Waals surface area contributed by atoms with Gasteiger partial charge in [-0.05, 0) is 30.3 Å². The molecule has 1 amide bonds. The second-order valence-corrected chi connectivity index (χ2v) is 4.32. The van der Waals surface area contributed by atoms with Gasteiger partial charge in [0.1, 0.15) is 5.75 Å². The van der Waals surface area contributed by atoms with Crippen LogP contribution in [0.25, 0.3) is 0 Å². The summed E-state index contributed by atoms with van der Waals surface area (Å²) in [5.74, 6) is 0.265. The number of carbonyl (C=O) groups excluding carboxylic acids is 1. The predicted octanol–water partition coefficient (Wildman–Crippen LogP) is 2.94. The molecule has 0 saturated heterocycles. The van der Waals surface area contributed by atoms with Gasteiger partial charge in [-0.25, -0.2) is 0 Å². The van der Waals surface area contributed by atoms with Crippen LogP contribution in [0.3, 0.4) is 0 Å². The molecule has 2 aromatic rings. The highest BCUT2D eigenvalue weighted by molar-refractivity contribution is 6.30.